The fourth-order valence-electron chi connectivity index (χ4n) is 2.00. The molecule has 0 aliphatic carbocycles. The van der Waals surface area contributed by atoms with Crippen molar-refractivity contribution in [1.29, 1.82) is 0 Å². The molecule has 100 valence electrons. The number of amides is 1. The fourth-order valence-corrected chi connectivity index (χ4v) is 2.00. The van der Waals surface area contributed by atoms with Gasteiger partial charge < -0.3 is 11.1 Å². The van der Waals surface area contributed by atoms with E-state index in [0.29, 0.717) is 5.92 Å². The molecule has 1 rings (SSSR count). The van der Waals surface area contributed by atoms with Gasteiger partial charge in [0, 0.05) is 0 Å². The molecule has 3 N–H and O–H groups in total. The number of hydrogen-bond donors (Lipinski definition) is 2. The standard InChI is InChI=1S/C15H24N2O/c1-4-14(12-8-6-5-7-9-12)17-15(18)13(16)10-11(2)3/h5-9,11,13-14H,4,10,16H2,1-3H3,(H,17,18)/t13-,14?/m0/s1. The summed E-state index contributed by atoms with van der Waals surface area (Å²) in [6.07, 6.45) is 1.58. The van der Waals surface area contributed by atoms with E-state index >= 15 is 0 Å². The van der Waals surface area contributed by atoms with Crippen LogP contribution in [0.2, 0.25) is 0 Å². The zero-order chi connectivity index (χ0) is 13.5. The Hall–Kier alpha value is -1.35. The Labute approximate surface area is 110 Å². The molecule has 0 spiro atoms. The molecule has 2 atom stereocenters. The van der Waals surface area contributed by atoms with Crippen molar-refractivity contribution in [3.8, 4) is 0 Å². The van der Waals surface area contributed by atoms with Crippen molar-refractivity contribution >= 4 is 5.91 Å². The number of nitrogens with one attached hydrogen (secondary N) is 1. The maximum absolute atomic E-state index is 12.0. The van der Waals surface area contributed by atoms with E-state index in [1.165, 1.54) is 0 Å². The Morgan fingerprint density at radius 2 is 1.89 bits per heavy atom. The molecule has 0 aromatic heterocycles. The Bertz CT molecular complexity index is 362. The van der Waals surface area contributed by atoms with Gasteiger partial charge in [-0.3, -0.25) is 4.79 Å². The molecule has 0 saturated heterocycles. The van der Waals surface area contributed by atoms with Gasteiger partial charge in [0.1, 0.15) is 0 Å². The first-order valence-electron chi connectivity index (χ1n) is 6.65. The number of benzene rings is 1. The highest BCUT2D eigenvalue weighted by atomic mass is 16.2. The van der Waals surface area contributed by atoms with Gasteiger partial charge in [-0.15, -0.1) is 0 Å². The lowest BCUT2D eigenvalue weighted by atomic mass is 10.0. The van der Waals surface area contributed by atoms with Crippen LogP contribution in [0.4, 0.5) is 0 Å². The summed E-state index contributed by atoms with van der Waals surface area (Å²) in [7, 11) is 0. The summed E-state index contributed by atoms with van der Waals surface area (Å²) in [5, 5.41) is 3.02. The lowest BCUT2D eigenvalue weighted by Gasteiger charge is -2.21. The van der Waals surface area contributed by atoms with Crippen molar-refractivity contribution in [3.63, 3.8) is 0 Å². The lowest BCUT2D eigenvalue weighted by Crippen LogP contribution is -2.42. The normalized spacial score (nSPS) is 14.3. The third-order valence-corrected chi connectivity index (χ3v) is 2.99. The smallest absolute Gasteiger partial charge is 0.237 e. The second-order valence-corrected chi connectivity index (χ2v) is 5.12. The second-order valence-electron chi connectivity index (χ2n) is 5.12. The Morgan fingerprint density at radius 3 is 2.39 bits per heavy atom. The molecule has 0 aliphatic rings. The third kappa shape index (κ3) is 4.49. The summed E-state index contributed by atoms with van der Waals surface area (Å²) in [6, 6.07) is 9.64. The third-order valence-electron chi connectivity index (χ3n) is 2.99. The van der Waals surface area contributed by atoms with Crippen LogP contribution in [0.1, 0.15) is 45.2 Å². The van der Waals surface area contributed by atoms with Crippen LogP contribution in [-0.2, 0) is 4.79 Å². The van der Waals surface area contributed by atoms with E-state index in [2.05, 4.69) is 26.1 Å². The Morgan fingerprint density at radius 1 is 1.28 bits per heavy atom. The van der Waals surface area contributed by atoms with Gasteiger partial charge in [-0.05, 0) is 24.3 Å². The van der Waals surface area contributed by atoms with Crippen molar-refractivity contribution in [3.05, 3.63) is 35.9 Å². The van der Waals surface area contributed by atoms with Crippen LogP contribution in [0.15, 0.2) is 30.3 Å². The average Bonchev–Trinajstić information content (AvgIpc) is 2.35. The predicted molar refractivity (Wildman–Crippen MR) is 75.0 cm³/mol. The molecule has 0 saturated carbocycles. The highest BCUT2D eigenvalue weighted by Crippen LogP contribution is 2.16. The highest BCUT2D eigenvalue weighted by Gasteiger charge is 2.18. The molecular weight excluding hydrogens is 224 g/mol. The van der Waals surface area contributed by atoms with Crippen molar-refractivity contribution in [2.24, 2.45) is 11.7 Å². The van der Waals surface area contributed by atoms with Gasteiger partial charge in [-0.1, -0.05) is 51.1 Å². The zero-order valence-corrected chi connectivity index (χ0v) is 11.5. The summed E-state index contributed by atoms with van der Waals surface area (Å²) >= 11 is 0. The molecule has 18 heavy (non-hydrogen) atoms. The van der Waals surface area contributed by atoms with Crippen LogP contribution in [0, 0.1) is 5.92 Å². The predicted octanol–water partition coefficient (Wildman–Crippen LogP) is 2.63. The lowest BCUT2D eigenvalue weighted by molar-refractivity contribution is -0.123. The van der Waals surface area contributed by atoms with Crippen LogP contribution < -0.4 is 11.1 Å². The highest BCUT2D eigenvalue weighted by molar-refractivity contribution is 5.81. The van der Waals surface area contributed by atoms with Crippen molar-refractivity contribution < 1.29 is 4.79 Å². The van der Waals surface area contributed by atoms with E-state index in [4.69, 9.17) is 5.73 Å². The number of rotatable bonds is 6. The van der Waals surface area contributed by atoms with Gasteiger partial charge in [0.05, 0.1) is 12.1 Å². The molecular formula is C15H24N2O. The topological polar surface area (TPSA) is 55.1 Å². The summed E-state index contributed by atoms with van der Waals surface area (Å²) < 4.78 is 0. The second kappa shape index (κ2) is 7.17. The van der Waals surface area contributed by atoms with Gasteiger partial charge in [0.25, 0.3) is 0 Å². The van der Waals surface area contributed by atoms with Crippen LogP contribution in [0.3, 0.4) is 0 Å². The Balaban J connectivity index is 2.61. The molecule has 1 aromatic rings. The first kappa shape index (κ1) is 14.7. The molecule has 3 nitrogen and oxygen atoms in total. The number of carbonyl (C=O) groups is 1. The van der Waals surface area contributed by atoms with Crippen LogP contribution in [0.5, 0.6) is 0 Å². The van der Waals surface area contributed by atoms with E-state index in [9.17, 15) is 4.79 Å². The molecule has 0 fully saturated rings. The van der Waals surface area contributed by atoms with E-state index in [1.807, 2.05) is 30.3 Å². The molecule has 3 heteroatoms. The van der Waals surface area contributed by atoms with E-state index in [0.717, 1.165) is 18.4 Å². The average molecular weight is 248 g/mol. The first-order valence-corrected chi connectivity index (χ1v) is 6.65. The van der Waals surface area contributed by atoms with Gasteiger partial charge in [0.15, 0.2) is 0 Å². The molecule has 0 radical (unpaired) electrons. The fraction of sp³-hybridized carbons (Fsp3) is 0.533. The summed E-state index contributed by atoms with van der Waals surface area (Å²) in [4.78, 5) is 12.0. The van der Waals surface area contributed by atoms with Gasteiger partial charge in [-0.25, -0.2) is 0 Å². The maximum atomic E-state index is 12.0. The monoisotopic (exact) mass is 248 g/mol. The van der Waals surface area contributed by atoms with Crippen molar-refractivity contribution in [1.82, 2.24) is 5.32 Å². The van der Waals surface area contributed by atoms with Gasteiger partial charge in [-0.2, -0.15) is 0 Å². The largest absolute Gasteiger partial charge is 0.348 e. The molecule has 1 amide bonds. The van der Waals surface area contributed by atoms with Crippen LogP contribution in [0.25, 0.3) is 0 Å². The minimum absolute atomic E-state index is 0.0527. The van der Waals surface area contributed by atoms with Crippen LogP contribution >= 0.6 is 0 Å². The molecule has 0 aliphatic heterocycles. The maximum Gasteiger partial charge on any atom is 0.237 e. The quantitative estimate of drug-likeness (QED) is 0.813. The Kier molecular flexibility index (Phi) is 5.86. The molecule has 1 unspecified atom stereocenters. The summed E-state index contributed by atoms with van der Waals surface area (Å²) in [5.74, 6) is 0.377. The zero-order valence-electron chi connectivity index (χ0n) is 11.5. The number of nitrogens with two attached hydrogens (primary N) is 1. The van der Waals surface area contributed by atoms with Crippen molar-refractivity contribution in [2.75, 3.05) is 0 Å². The molecule has 0 bridgehead atoms. The van der Waals surface area contributed by atoms with Crippen molar-refractivity contribution in [2.45, 2.75) is 45.7 Å². The summed E-state index contributed by atoms with van der Waals surface area (Å²) in [5.41, 5.74) is 7.02. The van der Waals surface area contributed by atoms with Crippen LogP contribution in [-0.4, -0.2) is 11.9 Å². The SMILES string of the molecule is CCC(NC(=O)[C@@H](N)CC(C)C)c1ccccc1. The number of hydrogen-bond acceptors (Lipinski definition) is 2. The first-order chi connectivity index (χ1) is 8.54. The van der Waals surface area contributed by atoms with Gasteiger partial charge in [0.2, 0.25) is 5.91 Å². The molecule has 0 heterocycles. The summed E-state index contributed by atoms with van der Waals surface area (Å²) in [6.45, 7) is 6.20. The van der Waals surface area contributed by atoms with E-state index in [-0.39, 0.29) is 11.9 Å². The van der Waals surface area contributed by atoms with E-state index < -0.39 is 6.04 Å². The minimum atomic E-state index is -0.414. The molecule has 1 aromatic carbocycles. The van der Waals surface area contributed by atoms with Gasteiger partial charge >= 0.3 is 0 Å². The minimum Gasteiger partial charge on any atom is -0.348 e. The van der Waals surface area contributed by atoms with E-state index in [1.54, 1.807) is 0 Å². The number of carbonyl (C=O) groups excluding carboxylic acids is 1.